The van der Waals surface area contributed by atoms with Crippen LogP contribution < -0.4 is 15.5 Å². The lowest BCUT2D eigenvalue weighted by Gasteiger charge is -2.23. The van der Waals surface area contributed by atoms with Gasteiger partial charge >= 0.3 is 0 Å². The number of hydrogen-bond acceptors (Lipinski definition) is 3. The van der Waals surface area contributed by atoms with Crippen molar-refractivity contribution in [1.29, 1.82) is 0 Å². The highest BCUT2D eigenvalue weighted by atomic mass is 35.5. The first-order valence-corrected chi connectivity index (χ1v) is 9.54. The zero-order valence-electron chi connectivity index (χ0n) is 15.5. The highest BCUT2D eigenvalue weighted by Gasteiger charge is 2.22. The summed E-state index contributed by atoms with van der Waals surface area (Å²) in [7, 11) is 0. The number of carbonyl (C=O) groups excluding carboxylic acids is 2. The fraction of sp³-hybridized carbons (Fsp3) is 0.600. The second-order valence-corrected chi connectivity index (χ2v) is 7.27. The summed E-state index contributed by atoms with van der Waals surface area (Å²) in [5, 5.41) is 6.47. The largest absolute Gasteiger partial charge is 0.350 e. The van der Waals surface area contributed by atoms with Gasteiger partial charge in [0.25, 0.3) is 0 Å². The van der Waals surface area contributed by atoms with Crippen molar-refractivity contribution in [2.24, 2.45) is 5.92 Å². The Bertz CT molecular complexity index is 617. The second-order valence-electron chi connectivity index (χ2n) is 7.27. The quantitative estimate of drug-likeness (QED) is 0.797. The zero-order valence-corrected chi connectivity index (χ0v) is 16.3. The van der Waals surface area contributed by atoms with Gasteiger partial charge in [0.1, 0.15) is 0 Å². The van der Waals surface area contributed by atoms with Crippen LogP contribution in [0.15, 0.2) is 24.3 Å². The molecule has 0 radical (unpaired) electrons. The summed E-state index contributed by atoms with van der Waals surface area (Å²) in [5.74, 6) is 0.983. The number of nitrogens with zero attached hydrogens (tertiary/aromatic N) is 1. The highest BCUT2D eigenvalue weighted by Crippen LogP contribution is 2.25. The Labute approximate surface area is 162 Å². The molecule has 1 unspecified atom stereocenters. The third-order valence-electron chi connectivity index (χ3n) is 5.37. The molecule has 0 saturated carbocycles. The van der Waals surface area contributed by atoms with Crippen molar-refractivity contribution >= 4 is 29.9 Å². The minimum Gasteiger partial charge on any atom is -0.350 e. The monoisotopic (exact) mass is 379 g/mol. The van der Waals surface area contributed by atoms with Gasteiger partial charge in [-0.25, -0.2) is 0 Å². The van der Waals surface area contributed by atoms with Gasteiger partial charge in [0.2, 0.25) is 11.8 Å². The second kappa shape index (κ2) is 9.93. The predicted molar refractivity (Wildman–Crippen MR) is 107 cm³/mol. The lowest BCUT2D eigenvalue weighted by molar-refractivity contribution is -0.122. The number of carbonyl (C=O) groups is 2. The summed E-state index contributed by atoms with van der Waals surface area (Å²) in [5.41, 5.74) is 1.99. The average Bonchev–Trinajstić information content (AvgIpc) is 3.07. The van der Waals surface area contributed by atoms with E-state index < -0.39 is 0 Å². The van der Waals surface area contributed by atoms with Crippen molar-refractivity contribution < 1.29 is 9.59 Å². The third-order valence-corrected chi connectivity index (χ3v) is 5.37. The number of hydrogen-bond donors (Lipinski definition) is 2. The number of nitrogens with one attached hydrogen (secondary N) is 2. The minimum atomic E-state index is -0.0434. The third kappa shape index (κ3) is 5.45. The van der Waals surface area contributed by atoms with Crippen LogP contribution in [0.5, 0.6) is 0 Å². The van der Waals surface area contributed by atoms with E-state index >= 15 is 0 Å². The van der Waals surface area contributed by atoms with Crippen molar-refractivity contribution in [2.75, 3.05) is 24.5 Å². The maximum absolute atomic E-state index is 12.3. The Morgan fingerprint density at radius 2 is 2.12 bits per heavy atom. The fourth-order valence-electron chi connectivity index (χ4n) is 3.79. The van der Waals surface area contributed by atoms with E-state index in [1.807, 2.05) is 36.1 Å². The number of benzene rings is 1. The molecule has 26 heavy (non-hydrogen) atoms. The van der Waals surface area contributed by atoms with Gasteiger partial charge in [-0.1, -0.05) is 12.1 Å². The SMILES string of the molecule is CC(NC(=O)CCC1CCNCC1)c1cccc(N2CCCC2=O)c1.Cl. The number of anilines is 1. The maximum Gasteiger partial charge on any atom is 0.227 e. The summed E-state index contributed by atoms with van der Waals surface area (Å²) in [4.78, 5) is 26.0. The van der Waals surface area contributed by atoms with E-state index in [1.165, 1.54) is 12.8 Å². The maximum atomic E-state index is 12.3. The van der Waals surface area contributed by atoms with Gasteiger partial charge in [0.15, 0.2) is 0 Å². The van der Waals surface area contributed by atoms with Crippen LogP contribution in [-0.4, -0.2) is 31.4 Å². The van der Waals surface area contributed by atoms with Crippen LogP contribution in [0.2, 0.25) is 0 Å². The zero-order chi connectivity index (χ0) is 17.6. The first kappa shape index (κ1) is 20.7. The number of halogens is 1. The van der Waals surface area contributed by atoms with Crippen LogP contribution in [0.4, 0.5) is 5.69 Å². The van der Waals surface area contributed by atoms with E-state index in [4.69, 9.17) is 0 Å². The van der Waals surface area contributed by atoms with E-state index in [0.29, 0.717) is 18.8 Å². The first-order valence-electron chi connectivity index (χ1n) is 9.54. The average molecular weight is 380 g/mol. The highest BCUT2D eigenvalue weighted by molar-refractivity contribution is 5.95. The Morgan fingerprint density at radius 1 is 1.35 bits per heavy atom. The molecule has 2 N–H and O–H groups in total. The molecule has 2 aliphatic rings. The van der Waals surface area contributed by atoms with E-state index in [2.05, 4.69) is 10.6 Å². The van der Waals surface area contributed by atoms with Gasteiger partial charge in [-0.2, -0.15) is 0 Å². The molecule has 0 aromatic heterocycles. The van der Waals surface area contributed by atoms with Crippen LogP contribution in [0.25, 0.3) is 0 Å². The standard InChI is InChI=1S/C20H29N3O2.ClH/c1-15(22-19(24)8-7-16-9-11-21-12-10-16)17-4-2-5-18(14-17)23-13-3-6-20(23)25;/h2,4-5,14-16,21H,3,6-13H2,1H3,(H,22,24);1H. The smallest absolute Gasteiger partial charge is 0.227 e. The first-order chi connectivity index (χ1) is 12.1. The van der Waals surface area contributed by atoms with Crippen molar-refractivity contribution in [1.82, 2.24) is 10.6 Å². The van der Waals surface area contributed by atoms with Crippen LogP contribution in [0.3, 0.4) is 0 Å². The van der Waals surface area contributed by atoms with Gasteiger partial charge in [0.05, 0.1) is 6.04 Å². The summed E-state index contributed by atoms with van der Waals surface area (Å²) in [6.07, 6.45) is 5.48. The molecule has 2 aliphatic heterocycles. The van der Waals surface area contributed by atoms with E-state index in [9.17, 15) is 9.59 Å². The van der Waals surface area contributed by atoms with E-state index in [-0.39, 0.29) is 30.3 Å². The van der Waals surface area contributed by atoms with Gasteiger partial charge in [0, 0.05) is 25.1 Å². The number of amides is 2. The molecule has 144 valence electrons. The lowest BCUT2D eigenvalue weighted by atomic mass is 9.93. The molecule has 1 atom stereocenters. The minimum absolute atomic E-state index is 0. The van der Waals surface area contributed by atoms with E-state index in [1.54, 1.807) is 0 Å². The molecule has 0 spiro atoms. The van der Waals surface area contributed by atoms with Gasteiger partial charge < -0.3 is 15.5 Å². The molecule has 6 heteroatoms. The summed E-state index contributed by atoms with van der Waals surface area (Å²) >= 11 is 0. The van der Waals surface area contributed by atoms with Gasteiger partial charge in [-0.3, -0.25) is 9.59 Å². The fourth-order valence-corrected chi connectivity index (χ4v) is 3.79. The molecule has 2 saturated heterocycles. The molecule has 5 nitrogen and oxygen atoms in total. The molecule has 0 bridgehead atoms. The van der Waals surface area contributed by atoms with Crippen LogP contribution in [0, 0.1) is 5.92 Å². The Kier molecular flexibility index (Phi) is 7.91. The molecule has 2 heterocycles. The summed E-state index contributed by atoms with van der Waals surface area (Å²) in [6, 6.07) is 7.94. The molecule has 1 aromatic carbocycles. The Hall–Kier alpha value is -1.59. The summed E-state index contributed by atoms with van der Waals surface area (Å²) < 4.78 is 0. The molecular formula is C20H30ClN3O2. The lowest BCUT2D eigenvalue weighted by Crippen LogP contribution is -2.30. The van der Waals surface area contributed by atoms with Gasteiger partial charge in [-0.05, 0) is 69.3 Å². The Balaban J connectivity index is 0.00000243. The van der Waals surface area contributed by atoms with Gasteiger partial charge in [-0.15, -0.1) is 12.4 Å². The number of rotatable bonds is 6. The topological polar surface area (TPSA) is 61.4 Å². The number of piperidine rings is 1. The molecule has 1 aromatic rings. The molecule has 2 fully saturated rings. The van der Waals surface area contributed by atoms with Crippen LogP contribution in [-0.2, 0) is 9.59 Å². The van der Waals surface area contributed by atoms with Crippen molar-refractivity contribution in [3.05, 3.63) is 29.8 Å². The molecule has 2 amide bonds. The van der Waals surface area contributed by atoms with E-state index in [0.717, 1.165) is 43.7 Å². The molecule has 3 rings (SSSR count). The van der Waals surface area contributed by atoms with Crippen LogP contribution >= 0.6 is 12.4 Å². The van der Waals surface area contributed by atoms with Crippen molar-refractivity contribution in [3.63, 3.8) is 0 Å². The van der Waals surface area contributed by atoms with Crippen molar-refractivity contribution in [2.45, 2.75) is 51.5 Å². The van der Waals surface area contributed by atoms with Crippen LogP contribution in [0.1, 0.15) is 57.1 Å². The molecule has 0 aliphatic carbocycles. The Morgan fingerprint density at radius 3 is 2.81 bits per heavy atom. The van der Waals surface area contributed by atoms with Crippen molar-refractivity contribution in [3.8, 4) is 0 Å². The summed E-state index contributed by atoms with van der Waals surface area (Å²) in [6.45, 7) is 4.95. The normalized spacial score (nSPS) is 19.1. The molecular weight excluding hydrogens is 350 g/mol. The predicted octanol–water partition coefficient (Wildman–Crippen LogP) is 3.19.